The molecule has 112 valence electrons. The summed E-state index contributed by atoms with van der Waals surface area (Å²) in [6.07, 6.45) is 7.25. The van der Waals surface area contributed by atoms with Crippen molar-refractivity contribution in [1.82, 2.24) is 19.3 Å². The maximum absolute atomic E-state index is 11.0. The van der Waals surface area contributed by atoms with Crippen LogP contribution in [0.1, 0.15) is 18.1 Å². The summed E-state index contributed by atoms with van der Waals surface area (Å²) < 4.78 is 3.83. The number of nitrogens with zero attached hydrogens (tertiary/aromatic N) is 4. The van der Waals surface area contributed by atoms with E-state index in [1.54, 1.807) is 12.5 Å². The van der Waals surface area contributed by atoms with Crippen molar-refractivity contribution in [3.05, 3.63) is 66.4 Å². The molecule has 2 heterocycles. The van der Waals surface area contributed by atoms with Gasteiger partial charge in [0.2, 0.25) is 5.91 Å². The van der Waals surface area contributed by atoms with Crippen molar-refractivity contribution in [3.8, 4) is 0 Å². The molecule has 0 spiro atoms. The summed E-state index contributed by atoms with van der Waals surface area (Å²) in [6, 6.07) is 10.3. The lowest BCUT2D eigenvalue weighted by Crippen LogP contribution is -2.05. The topological polar surface area (TPSA) is 64.7 Å². The molecule has 0 bridgehead atoms. The third-order valence-electron chi connectivity index (χ3n) is 3.23. The highest BCUT2D eigenvalue weighted by Gasteiger charge is 2.02. The molecule has 22 heavy (non-hydrogen) atoms. The van der Waals surface area contributed by atoms with Gasteiger partial charge in [0.15, 0.2) is 5.82 Å². The quantitative estimate of drug-likeness (QED) is 0.784. The van der Waals surface area contributed by atoms with Crippen molar-refractivity contribution in [2.24, 2.45) is 0 Å². The van der Waals surface area contributed by atoms with E-state index in [0.717, 1.165) is 6.54 Å². The summed E-state index contributed by atoms with van der Waals surface area (Å²) in [4.78, 5) is 15.1. The van der Waals surface area contributed by atoms with E-state index in [4.69, 9.17) is 0 Å². The first kappa shape index (κ1) is 14.1. The fourth-order valence-electron chi connectivity index (χ4n) is 2.23. The van der Waals surface area contributed by atoms with Crippen LogP contribution in [0, 0.1) is 0 Å². The molecular weight excluding hydrogens is 278 g/mol. The van der Waals surface area contributed by atoms with Gasteiger partial charge in [0.1, 0.15) is 0 Å². The number of imidazole rings is 1. The molecular formula is C16H17N5O. The van der Waals surface area contributed by atoms with Gasteiger partial charge < -0.3 is 9.88 Å². The van der Waals surface area contributed by atoms with Gasteiger partial charge in [-0.2, -0.15) is 5.10 Å². The van der Waals surface area contributed by atoms with Crippen molar-refractivity contribution < 1.29 is 4.79 Å². The Morgan fingerprint density at radius 3 is 2.55 bits per heavy atom. The van der Waals surface area contributed by atoms with E-state index in [1.807, 2.05) is 27.7 Å². The number of amides is 1. The molecule has 0 saturated carbocycles. The van der Waals surface area contributed by atoms with Crippen molar-refractivity contribution in [2.75, 3.05) is 5.32 Å². The van der Waals surface area contributed by atoms with Gasteiger partial charge in [-0.05, 0) is 17.2 Å². The average molecular weight is 295 g/mol. The zero-order valence-electron chi connectivity index (χ0n) is 12.3. The molecule has 3 aromatic rings. The van der Waals surface area contributed by atoms with Gasteiger partial charge >= 0.3 is 0 Å². The van der Waals surface area contributed by atoms with Crippen LogP contribution in [0.25, 0.3) is 0 Å². The largest absolute Gasteiger partial charge is 0.331 e. The number of benzene rings is 1. The number of hydrogen-bond donors (Lipinski definition) is 1. The molecule has 0 unspecified atom stereocenters. The van der Waals surface area contributed by atoms with E-state index in [-0.39, 0.29) is 5.91 Å². The monoisotopic (exact) mass is 295 g/mol. The molecule has 1 aromatic carbocycles. The van der Waals surface area contributed by atoms with Crippen LogP contribution >= 0.6 is 0 Å². The molecule has 0 aliphatic carbocycles. The summed E-state index contributed by atoms with van der Waals surface area (Å²) in [5.41, 5.74) is 2.38. The molecule has 2 aromatic heterocycles. The lowest BCUT2D eigenvalue weighted by Gasteiger charge is -2.05. The number of nitrogens with one attached hydrogen (secondary N) is 1. The van der Waals surface area contributed by atoms with Gasteiger partial charge in [-0.1, -0.05) is 24.3 Å². The Morgan fingerprint density at radius 2 is 1.91 bits per heavy atom. The van der Waals surface area contributed by atoms with Crippen LogP contribution in [-0.2, 0) is 17.9 Å². The van der Waals surface area contributed by atoms with Crippen molar-refractivity contribution in [1.29, 1.82) is 0 Å². The van der Waals surface area contributed by atoms with Crippen LogP contribution in [0.15, 0.2) is 55.2 Å². The van der Waals surface area contributed by atoms with Gasteiger partial charge in [0.25, 0.3) is 0 Å². The molecule has 0 radical (unpaired) electrons. The van der Waals surface area contributed by atoms with Gasteiger partial charge in [0.05, 0.1) is 12.9 Å². The van der Waals surface area contributed by atoms with Crippen LogP contribution in [-0.4, -0.2) is 25.2 Å². The van der Waals surface area contributed by atoms with E-state index < -0.39 is 0 Å². The molecule has 0 atom stereocenters. The number of hydrogen-bond acceptors (Lipinski definition) is 3. The summed E-state index contributed by atoms with van der Waals surface area (Å²) in [6.45, 7) is 2.96. The Morgan fingerprint density at radius 1 is 1.18 bits per heavy atom. The molecule has 0 aliphatic rings. The zero-order chi connectivity index (χ0) is 15.4. The molecule has 6 nitrogen and oxygen atoms in total. The Labute approximate surface area is 128 Å². The third-order valence-corrected chi connectivity index (χ3v) is 3.23. The third kappa shape index (κ3) is 3.60. The molecule has 1 N–H and O–H groups in total. The second-order valence-corrected chi connectivity index (χ2v) is 5.13. The Bertz CT molecular complexity index is 743. The summed E-state index contributed by atoms with van der Waals surface area (Å²) in [7, 11) is 0. The summed E-state index contributed by atoms with van der Waals surface area (Å²) in [5.74, 6) is 0.455. The van der Waals surface area contributed by atoms with Crippen LogP contribution in [0.5, 0.6) is 0 Å². The lowest BCUT2D eigenvalue weighted by atomic mass is 10.1. The Kier molecular flexibility index (Phi) is 4.00. The van der Waals surface area contributed by atoms with Crippen LogP contribution in [0.2, 0.25) is 0 Å². The van der Waals surface area contributed by atoms with Crippen molar-refractivity contribution >= 4 is 11.7 Å². The number of rotatable bonds is 5. The highest BCUT2D eigenvalue weighted by Crippen LogP contribution is 2.10. The normalized spacial score (nSPS) is 10.6. The van der Waals surface area contributed by atoms with Gasteiger partial charge in [-0.3, -0.25) is 9.48 Å². The summed E-state index contributed by atoms with van der Waals surface area (Å²) >= 11 is 0. The molecule has 0 aliphatic heterocycles. The predicted molar refractivity (Wildman–Crippen MR) is 83.4 cm³/mol. The van der Waals surface area contributed by atoms with E-state index in [9.17, 15) is 4.79 Å². The SMILES string of the molecule is CC(=O)Nc1cn(Cc2ccc(Cn3cccn3)cc2)cn1. The molecule has 1 amide bonds. The van der Waals surface area contributed by atoms with Crippen molar-refractivity contribution in [2.45, 2.75) is 20.0 Å². The van der Waals surface area contributed by atoms with Gasteiger partial charge in [-0.25, -0.2) is 4.98 Å². The standard InChI is InChI=1S/C16H17N5O/c1-13(22)19-16-11-20(12-17-16)9-14-3-5-15(6-4-14)10-21-8-2-7-18-21/h2-8,11-12H,9-10H2,1H3,(H,19,22). The Balaban J connectivity index is 1.63. The number of carbonyl (C=O) groups excluding carboxylic acids is 1. The zero-order valence-corrected chi connectivity index (χ0v) is 12.3. The number of aromatic nitrogens is 4. The number of anilines is 1. The van der Waals surface area contributed by atoms with E-state index >= 15 is 0 Å². The average Bonchev–Trinajstić information content (AvgIpc) is 3.13. The summed E-state index contributed by atoms with van der Waals surface area (Å²) in [5, 5.41) is 6.86. The fraction of sp³-hybridized carbons (Fsp3) is 0.188. The molecule has 6 heteroatoms. The second kappa shape index (κ2) is 6.26. The molecule has 0 fully saturated rings. The van der Waals surface area contributed by atoms with E-state index in [0.29, 0.717) is 12.4 Å². The van der Waals surface area contributed by atoms with Crippen LogP contribution in [0.4, 0.5) is 5.82 Å². The first-order valence-corrected chi connectivity index (χ1v) is 7.03. The predicted octanol–water partition coefficient (Wildman–Crippen LogP) is 2.13. The highest BCUT2D eigenvalue weighted by atomic mass is 16.1. The minimum absolute atomic E-state index is 0.117. The fourth-order valence-corrected chi connectivity index (χ4v) is 2.23. The minimum atomic E-state index is -0.117. The van der Waals surface area contributed by atoms with Gasteiger partial charge in [0, 0.05) is 32.1 Å². The first-order chi connectivity index (χ1) is 10.7. The second-order valence-electron chi connectivity index (χ2n) is 5.13. The first-order valence-electron chi connectivity index (χ1n) is 7.03. The van der Waals surface area contributed by atoms with Crippen LogP contribution < -0.4 is 5.32 Å². The maximum Gasteiger partial charge on any atom is 0.222 e. The molecule has 0 saturated heterocycles. The van der Waals surface area contributed by atoms with Crippen molar-refractivity contribution in [3.63, 3.8) is 0 Å². The minimum Gasteiger partial charge on any atom is -0.331 e. The van der Waals surface area contributed by atoms with E-state index in [2.05, 4.69) is 39.7 Å². The highest BCUT2D eigenvalue weighted by molar-refractivity contribution is 5.87. The smallest absolute Gasteiger partial charge is 0.222 e. The lowest BCUT2D eigenvalue weighted by molar-refractivity contribution is -0.114. The van der Waals surface area contributed by atoms with Gasteiger partial charge in [-0.15, -0.1) is 0 Å². The Hall–Kier alpha value is -2.89. The number of carbonyl (C=O) groups is 1. The molecule has 3 rings (SSSR count). The van der Waals surface area contributed by atoms with E-state index in [1.165, 1.54) is 18.1 Å². The van der Waals surface area contributed by atoms with Crippen LogP contribution in [0.3, 0.4) is 0 Å². The maximum atomic E-state index is 11.0.